The zero-order valence-corrected chi connectivity index (χ0v) is 17.2. The quantitative estimate of drug-likeness (QED) is 0.797. The first-order chi connectivity index (χ1) is 11.9. The summed E-state index contributed by atoms with van der Waals surface area (Å²) in [6, 6.07) is 4.98. The van der Waals surface area contributed by atoms with Gasteiger partial charge < -0.3 is 15.6 Å². The molecule has 3 rings (SSSR count). The van der Waals surface area contributed by atoms with Gasteiger partial charge in [-0.3, -0.25) is 4.79 Å². The van der Waals surface area contributed by atoms with E-state index in [0.717, 1.165) is 37.1 Å². The van der Waals surface area contributed by atoms with Crippen molar-refractivity contribution < 1.29 is 9.18 Å². The lowest BCUT2D eigenvalue weighted by molar-refractivity contribution is -0.128. The molecule has 0 spiro atoms. The number of nitrogens with zero attached hydrogens (tertiary/aromatic N) is 2. The largest absolute Gasteiger partial charge is 0.352 e. The van der Waals surface area contributed by atoms with Gasteiger partial charge in [0.05, 0.1) is 11.6 Å². The van der Waals surface area contributed by atoms with Crippen molar-refractivity contribution in [3.8, 4) is 5.69 Å². The fraction of sp³-hybridized carbons (Fsp3) is 0.474. The van der Waals surface area contributed by atoms with Gasteiger partial charge in [-0.1, -0.05) is 18.9 Å². The van der Waals surface area contributed by atoms with Crippen molar-refractivity contribution in [2.24, 2.45) is 11.7 Å². The first kappa shape index (κ1) is 23.4. The fourth-order valence-electron chi connectivity index (χ4n) is 3.59. The molecule has 150 valence electrons. The van der Waals surface area contributed by atoms with Gasteiger partial charge in [0.15, 0.2) is 0 Å². The topological polar surface area (TPSA) is 72.9 Å². The zero-order chi connectivity index (χ0) is 18.0. The van der Waals surface area contributed by atoms with Crippen LogP contribution in [0.5, 0.6) is 0 Å². The van der Waals surface area contributed by atoms with Crippen molar-refractivity contribution in [3.63, 3.8) is 0 Å². The van der Waals surface area contributed by atoms with Crippen LogP contribution in [0.1, 0.15) is 44.0 Å². The molecular weight excluding hydrogens is 390 g/mol. The van der Waals surface area contributed by atoms with Crippen LogP contribution in [0.2, 0.25) is 0 Å². The van der Waals surface area contributed by atoms with Crippen LogP contribution >= 0.6 is 24.8 Å². The molecule has 5 nitrogen and oxygen atoms in total. The average Bonchev–Trinajstić information content (AvgIpc) is 2.98. The molecule has 1 heterocycles. The van der Waals surface area contributed by atoms with E-state index in [1.165, 1.54) is 6.07 Å². The normalized spacial score (nSPS) is 21.7. The minimum absolute atomic E-state index is 0. The van der Waals surface area contributed by atoms with Gasteiger partial charge in [0.25, 0.3) is 0 Å². The lowest BCUT2D eigenvalue weighted by Crippen LogP contribution is -2.52. The number of imidazole rings is 1. The van der Waals surface area contributed by atoms with Crippen molar-refractivity contribution in [2.45, 2.75) is 51.6 Å². The average molecular weight is 417 g/mol. The summed E-state index contributed by atoms with van der Waals surface area (Å²) >= 11 is 0. The van der Waals surface area contributed by atoms with Crippen LogP contribution in [-0.4, -0.2) is 21.0 Å². The second kappa shape index (κ2) is 9.53. The maximum absolute atomic E-state index is 14.4. The Labute approximate surface area is 171 Å². The van der Waals surface area contributed by atoms with Crippen molar-refractivity contribution >= 4 is 30.7 Å². The van der Waals surface area contributed by atoms with E-state index in [0.29, 0.717) is 12.2 Å². The Morgan fingerprint density at radius 2 is 2.15 bits per heavy atom. The third-order valence-electron chi connectivity index (χ3n) is 5.13. The predicted octanol–water partition coefficient (Wildman–Crippen LogP) is 3.69. The maximum atomic E-state index is 14.4. The molecule has 3 N–H and O–H groups in total. The minimum atomic E-state index is -0.462. The zero-order valence-electron chi connectivity index (χ0n) is 15.6. The Bertz CT molecular complexity index is 779. The summed E-state index contributed by atoms with van der Waals surface area (Å²) in [5, 5.41) is 2.91. The second-order valence-electron chi connectivity index (χ2n) is 7.15. The number of hydrogen-bond donors (Lipinski definition) is 2. The van der Waals surface area contributed by atoms with E-state index in [1.54, 1.807) is 23.0 Å². The van der Waals surface area contributed by atoms with Gasteiger partial charge in [-0.2, -0.15) is 0 Å². The monoisotopic (exact) mass is 416 g/mol. The number of aryl methyl sites for hydroxylation is 1. The van der Waals surface area contributed by atoms with E-state index in [1.807, 2.05) is 19.9 Å². The third-order valence-corrected chi connectivity index (χ3v) is 5.13. The highest BCUT2D eigenvalue weighted by atomic mass is 35.5. The van der Waals surface area contributed by atoms with Crippen molar-refractivity contribution in [1.82, 2.24) is 14.9 Å². The van der Waals surface area contributed by atoms with Crippen LogP contribution in [-0.2, 0) is 11.3 Å². The van der Waals surface area contributed by atoms with E-state index in [2.05, 4.69) is 10.3 Å². The van der Waals surface area contributed by atoms with Crippen LogP contribution in [0.3, 0.4) is 0 Å². The molecule has 1 fully saturated rings. The van der Waals surface area contributed by atoms with Gasteiger partial charge in [0.2, 0.25) is 5.91 Å². The molecule has 1 aliphatic rings. The van der Waals surface area contributed by atoms with Crippen LogP contribution < -0.4 is 11.1 Å². The van der Waals surface area contributed by atoms with Gasteiger partial charge >= 0.3 is 0 Å². The van der Waals surface area contributed by atoms with Crippen LogP contribution in [0, 0.1) is 18.7 Å². The predicted molar refractivity (Wildman–Crippen MR) is 109 cm³/mol. The molecule has 8 heteroatoms. The lowest BCUT2D eigenvalue weighted by Gasteiger charge is -2.37. The number of nitrogens with one attached hydrogen (secondary N) is 1. The van der Waals surface area contributed by atoms with Gasteiger partial charge in [-0.15, -0.1) is 24.8 Å². The Kier molecular flexibility index (Phi) is 8.26. The second-order valence-corrected chi connectivity index (χ2v) is 7.15. The van der Waals surface area contributed by atoms with Crippen LogP contribution in [0.4, 0.5) is 4.39 Å². The van der Waals surface area contributed by atoms with Gasteiger partial charge in [-0.05, 0) is 44.4 Å². The Hall–Kier alpha value is -1.63. The number of rotatable bonds is 4. The highest BCUT2D eigenvalue weighted by Crippen LogP contribution is 2.31. The number of benzene rings is 1. The standard InChI is InChI=1S/C19H25FN4O.2ClH/c1-13-22-9-10-24(13)17-7-6-14(11-16(17)20)12-23-18(25)15-5-3-4-8-19(15,2)21;;/h6-7,9-11,15H,3-5,8,12,21H2,1-2H3,(H,23,25);2*1H. The number of halogens is 3. The fourth-order valence-corrected chi connectivity index (χ4v) is 3.59. The van der Waals surface area contributed by atoms with E-state index in [-0.39, 0.29) is 42.5 Å². The number of amides is 1. The van der Waals surface area contributed by atoms with E-state index in [4.69, 9.17) is 5.73 Å². The summed E-state index contributed by atoms with van der Waals surface area (Å²) in [4.78, 5) is 16.6. The minimum Gasteiger partial charge on any atom is -0.352 e. The molecule has 27 heavy (non-hydrogen) atoms. The third kappa shape index (κ3) is 5.21. The summed E-state index contributed by atoms with van der Waals surface area (Å²) in [6.07, 6.45) is 7.12. The summed E-state index contributed by atoms with van der Waals surface area (Å²) < 4.78 is 16.1. The summed E-state index contributed by atoms with van der Waals surface area (Å²) in [6.45, 7) is 4.06. The molecule has 0 radical (unpaired) electrons. The van der Waals surface area contributed by atoms with Crippen LogP contribution in [0.15, 0.2) is 30.6 Å². The lowest BCUT2D eigenvalue weighted by atomic mass is 9.74. The molecule has 1 aromatic carbocycles. The Morgan fingerprint density at radius 3 is 2.74 bits per heavy atom. The molecule has 2 aromatic rings. The van der Waals surface area contributed by atoms with Gasteiger partial charge in [0, 0.05) is 24.5 Å². The molecule has 0 bridgehead atoms. The first-order valence-corrected chi connectivity index (χ1v) is 8.74. The Balaban J connectivity index is 0.00000182. The smallest absolute Gasteiger partial charge is 0.225 e. The molecule has 0 aliphatic heterocycles. The van der Waals surface area contributed by atoms with Crippen molar-refractivity contribution in [1.29, 1.82) is 0 Å². The highest BCUT2D eigenvalue weighted by molar-refractivity contribution is 5.85. The summed E-state index contributed by atoms with van der Waals surface area (Å²) in [7, 11) is 0. The number of nitrogens with two attached hydrogens (primary N) is 1. The van der Waals surface area contributed by atoms with E-state index in [9.17, 15) is 9.18 Å². The van der Waals surface area contributed by atoms with E-state index >= 15 is 0 Å². The maximum Gasteiger partial charge on any atom is 0.225 e. The number of carbonyl (C=O) groups excluding carboxylic acids is 1. The summed E-state index contributed by atoms with van der Waals surface area (Å²) in [5.74, 6) is 0.160. The molecule has 1 aliphatic carbocycles. The van der Waals surface area contributed by atoms with Gasteiger partial charge in [0.1, 0.15) is 11.6 Å². The molecular formula is C19H27Cl2FN4O. The highest BCUT2D eigenvalue weighted by Gasteiger charge is 2.37. The molecule has 1 aromatic heterocycles. The Morgan fingerprint density at radius 1 is 1.41 bits per heavy atom. The van der Waals surface area contributed by atoms with Gasteiger partial charge in [-0.25, -0.2) is 9.37 Å². The molecule has 2 atom stereocenters. The molecule has 1 amide bonds. The van der Waals surface area contributed by atoms with Crippen molar-refractivity contribution in [2.75, 3.05) is 0 Å². The number of aromatic nitrogens is 2. The van der Waals surface area contributed by atoms with E-state index < -0.39 is 5.54 Å². The SMILES string of the molecule is Cc1nccn1-c1ccc(CNC(=O)C2CCCCC2(C)N)cc1F.Cl.Cl. The number of hydrogen-bond acceptors (Lipinski definition) is 3. The van der Waals surface area contributed by atoms with Crippen LogP contribution in [0.25, 0.3) is 5.69 Å². The first-order valence-electron chi connectivity index (χ1n) is 8.74. The summed E-state index contributed by atoms with van der Waals surface area (Å²) in [5.41, 5.74) is 6.99. The molecule has 1 saturated carbocycles. The number of carbonyl (C=O) groups is 1. The molecule has 0 saturated heterocycles. The van der Waals surface area contributed by atoms with Crippen molar-refractivity contribution in [3.05, 3.63) is 47.8 Å². The molecule has 2 unspecified atom stereocenters.